The molecule has 17 heavy (non-hydrogen) atoms. The monoisotopic (exact) mass is 250 g/mol. The van der Waals surface area contributed by atoms with Gasteiger partial charge < -0.3 is 4.74 Å². The molecular weight excluding hydrogens is 236 g/mol. The van der Waals surface area contributed by atoms with Crippen LogP contribution in [0.4, 0.5) is 0 Å². The third kappa shape index (κ3) is 2.71. The summed E-state index contributed by atoms with van der Waals surface area (Å²) < 4.78 is 7.76. The summed E-state index contributed by atoms with van der Waals surface area (Å²) in [7, 11) is 0. The number of rotatable bonds is 4. The van der Waals surface area contributed by atoms with Crippen LogP contribution in [0.1, 0.15) is 20.3 Å². The van der Waals surface area contributed by atoms with Gasteiger partial charge in [-0.1, -0.05) is 23.3 Å². The zero-order chi connectivity index (χ0) is 12.3. The van der Waals surface area contributed by atoms with Crippen LogP contribution in [0.2, 0.25) is 0 Å². The Bertz CT molecular complexity index is 548. The highest BCUT2D eigenvalue weighted by atomic mass is 32.1. The SMILES string of the molecule is CCC(C)Oc1cccc(-n2[nH]nnc2=S)c1. The van der Waals surface area contributed by atoms with Crippen LogP contribution in [0.25, 0.3) is 5.69 Å². The summed E-state index contributed by atoms with van der Waals surface area (Å²) in [4.78, 5) is 0. The van der Waals surface area contributed by atoms with Crippen molar-refractivity contribution in [2.45, 2.75) is 26.4 Å². The molecule has 2 aromatic rings. The second-order valence-corrected chi connectivity index (χ2v) is 4.12. The van der Waals surface area contributed by atoms with Gasteiger partial charge in [0.25, 0.3) is 0 Å². The molecule has 0 fully saturated rings. The molecule has 1 aromatic carbocycles. The zero-order valence-electron chi connectivity index (χ0n) is 9.75. The Balaban J connectivity index is 2.29. The van der Waals surface area contributed by atoms with Crippen LogP contribution in [0, 0.1) is 4.77 Å². The van der Waals surface area contributed by atoms with Gasteiger partial charge in [0.2, 0.25) is 4.77 Å². The van der Waals surface area contributed by atoms with Gasteiger partial charge in [-0.2, -0.15) is 5.21 Å². The maximum Gasteiger partial charge on any atom is 0.242 e. The van der Waals surface area contributed by atoms with E-state index in [1.54, 1.807) is 4.68 Å². The van der Waals surface area contributed by atoms with Crippen LogP contribution in [-0.2, 0) is 0 Å². The summed E-state index contributed by atoms with van der Waals surface area (Å²) in [5.74, 6) is 0.813. The normalized spacial score (nSPS) is 12.4. The molecule has 1 N–H and O–H groups in total. The van der Waals surface area contributed by atoms with Crippen molar-refractivity contribution in [3.63, 3.8) is 0 Å². The molecule has 0 aliphatic rings. The number of ether oxygens (including phenoxy) is 1. The fraction of sp³-hybridized carbons (Fsp3) is 0.364. The lowest BCUT2D eigenvalue weighted by atomic mass is 10.3. The van der Waals surface area contributed by atoms with E-state index in [4.69, 9.17) is 17.0 Å². The molecule has 1 unspecified atom stereocenters. The topological polar surface area (TPSA) is 55.7 Å². The van der Waals surface area contributed by atoms with Gasteiger partial charge in [0, 0.05) is 6.07 Å². The summed E-state index contributed by atoms with van der Waals surface area (Å²) in [6.45, 7) is 4.12. The van der Waals surface area contributed by atoms with E-state index < -0.39 is 0 Å². The molecule has 0 saturated heterocycles. The Morgan fingerprint density at radius 1 is 1.53 bits per heavy atom. The molecule has 0 radical (unpaired) electrons. The van der Waals surface area contributed by atoms with Crippen LogP contribution in [-0.4, -0.2) is 26.3 Å². The minimum Gasteiger partial charge on any atom is -0.491 e. The number of hydrogen-bond donors (Lipinski definition) is 1. The van der Waals surface area contributed by atoms with Crippen molar-refractivity contribution in [2.24, 2.45) is 0 Å². The molecule has 0 bridgehead atoms. The molecule has 90 valence electrons. The Labute approximate surface area is 104 Å². The first-order chi connectivity index (χ1) is 8.20. The van der Waals surface area contributed by atoms with Crippen molar-refractivity contribution < 1.29 is 4.74 Å². The Kier molecular flexibility index (Phi) is 3.53. The first-order valence-corrected chi connectivity index (χ1v) is 5.88. The van der Waals surface area contributed by atoms with Crippen LogP contribution in [0.3, 0.4) is 0 Å². The molecule has 0 aliphatic heterocycles. The predicted molar refractivity (Wildman–Crippen MR) is 66.9 cm³/mol. The van der Waals surface area contributed by atoms with E-state index >= 15 is 0 Å². The maximum atomic E-state index is 5.74. The number of tetrazole rings is 1. The molecule has 0 spiro atoms. The fourth-order valence-corrected chi connectivity index (χ4v) is 1.56. The van der Waals surface area contributed by atoms with Gasteiger partial charge in [-0.15, -0.1) is 0 Å². The van der Waals surface area contributed by atoms with Gasteiger partial charge in [0.15, 0.2) is 0 Å². The van der Waals surface area contributed by atoms with Crippen molar-refractivity contribution in [1.29, 1.82) is 0 Å². The Morgan fingerprint density at radius 3 is 3.00 bits per heavy atom. The molecule has 0 aliphatic carbocycles. The van der Waals surface area contributed by atoms with Gasteiger partial charge in [-0.25, -0.2) is 4.68 Å². The van der Waals surface area contributed by atoms with Crippen LogP contribution < -0.4 is 4.74 Å². The second kappa shape index (κ2) is 5.09. The summed E-state index contributed by atoms with van der Waals surface area (Å²) >= 11 is 5.04. The molecule has 0 saturated carbocycles. The molecule has 1 aromatic heterocycles. The third-order valence-corrected chi connectivity index (χ3v) is 2.72. The van der Waals surface area contributed by atoms with Crippen LogP contribution in [0.15, 0.2) is 24.3 Å². The molecule has 2 rings (SSSR count). The second-order valence-electron chi connectivity index (χ2n) is 3.75. The summed E-state index contributed by atoms with van der Waals surface area (Å²) in [5.41, 5.74) is 0.862. The van der Waals surface area contributed by atoms with E-state index in [2.05, 4.69) is 22.4 Å². The highest BCUT2D eigenvalue weighted by Gasteiger charge is 2.04. The Morgan fingerprint density at radius 2 is 2.35 bits per heavy atom. The van der Waals surface area contributed by atoms with Crippen LogP contribution >= 0.6 is 12.2 Å². The summed E-state index contributed by atoms with van der Waals surface area (Å²) in [6, 6.07) is 7.65. The smallest absolute Gasteiger partial charge is 0.242 e. The number of aromatic nitrogens is 4. The summed E-state index contributed by atoms with van der Waals surface area (Å²) in [6.07, 6.45) is 1.16. The number of hydrogen-bond acceptors (Lipinski definition) is 4. The van der Waals surface area contributed by atoms with E-state index in [9.17, 15) is 0 Å². The molecule has 5 nitrogen and oxygen atoms in total. The third-order valence-electron chi connectivity index (χ3n) is 2.46. The standard InChI is InChI=1S/C11H14N4OS/c1-3-8(2)16-10-6-4-5-9(7-10)15-11(17)12-13-14-15/h4-8H,3H2,1-2H3,(H,12,14,17). The lowest BCUT2D eigenvalue weighted by Crippen LogP contribution is -2.10. The van der Waals surface area contributed by atoms with Crippen molar-refractivity contribution in [1.82, 2.24) is 20.2 Å². The minimum absolute atomic E-state index is 0.193. The molecular formula is C11H14N4OS. The zero-order valence-corrected chi connectivity index (χ0v) is 10.6. The molecule has 6 heteroatoms. The number of benzene rings is 1. The van der Waals surface area contributed by atoms with E-state index in [1.165, 1.54) is 0 Å². The van der Waals surface area contributed by atoms with Crippen molar-refractivity contribution >= 4 is 12.2 Å². The number of nitrogens with one attached hydrogen (secondary N) is 1. The first kappa shape index (κ1) is 11.8. The van der Waals surface area contributed by atoms with Gasteiger partial charge in [-0.3, -0.25) is 0 Å². The lowest BCUT2D eigenvalue weighted by molar-refractivity contribution is 0.217. The van der Waals surface area contributed by atoms with E-state index in [0.29, 0.717) is 4.77 Å². The van der Waals surface area contributed by atoms with Gasteiger partial charge in [0.05, 0.1) is 11.8 Å². The largest absolute Gasteiger partial charge is 0.491 e. The Hall–Kier alpha value is -1.69. The number of aromatic amines is 1. The first-order valence-electron chi connectivity index (χ1n) is 5.48. The van der Waals surface area contributed by atoms with Gasteiger partial charge in [0.1, 0.15) is 5.75 Å². The van der Waals surface area contributed by atoms with Crippen molar-refractivity contribution in [2.75, 3.05) is 0 Å². The quantitative estimate of drug-likeness (QED) is 0.847. The molecule has 0 amide bonds. The van der Waals surface area contributed by atoms with E-state index in [-0.39, 0.29) is 6.10 Å². The average molecular weight is 250 g/mol. The highest BCUT2D eigenvalue weighted by molar-refractivity contribution is 7.71. The number of H-pyrrole nitrogens is 1. The predicted octanol–water partition coefficient (Wildman–Crippen LogP) is 2.50. The molecule has 1 atom stereocenters. The van der Waals surface area contributed by atoms with Crippen molar-refractivity contribution in [3.05, 3.63) is 29.0 Å². The number of nitrogens with zero attached hydrogens (tertiary/aromatic N) is 3. The van der Waals surface area contributed by atoms with E-state index in [1.807, 2.05) is 31.2 Å². The van der Waals surface area contributed by atoms with E-state index in [0.717, 1.165) is 17.9 Å². The van der Waals surface area contributed by atoms with Crippen molar-refractivity contribution in [3.8, 4) is 11.4 Å². The lowest BCUT2D eigenvalue weighted by Gasteiger charge is -2.13. The average Bonchev–Trinajstić information content (AvgIpc) is 2.75. The summed E-state index contributed by atoms with van der Waals surface area (Å²) in [5, 5.41) is 10.1. The minimum atomic E-state index is 0.193. The molecule has 1 heterocycles. The van der Waals surface area contributed by atoms with Gasteiger partial charge >= 0.3 is 0 Å². The highest BCUT2D eigenvalue weighted by Crippen LogP contribution is 2.17. The fourth-order valence-electron chi connectivity index (χ4n) is 1.38. The maximum absolute atomic E-state index is 5.74. The van der Waals surface area contributed by atoms with Gasteiger partial charge in [-0.05, 0) is 37.7 Å². The van der Waals surface area contributed by atoms with Crippen LogP contribution in [0.5, 0.6) is 5.75 Å².